The molecule has 1 atom stereocenters. The van der Waals surface area contributed by atoms with Crippen molar-refractivity contribution in [3.05, 3.63) is 36.3 Å². The molecule has 1 N–H and O–H groups in total. The van der Waals surface area contributed by atoms with Crippen molar-refractivity contribution in [2.45, 2.75) is 12.8 Å². The zero-order valence-electron chi connectivity index (χ0n) is 13.8. The molecular weight excluding hydrogens is 341 g/mol. The predicted octanol–water partition coefficient (Wildman–Crippen LogP) is 2.56. The Kier molecular flexibility index (Phi) is 4.12. The first kappa shape index (κ1) is 16.0. The summed E-state index contributed by atoms with van der Waals surface area (Å²) < 4.78 is 14.8. The lowest BCUT2D eigenvalue weighted by Crippen LogP contribution is -2.42. The van der Waals surface area contributed by atoms with E-state index in [9.17, 15) is 9.18 Å². The topological polar surface area (TPSA) is 62.5 Å². The van der Waals surface area contributed by atoms with Gasteiger partial charge in [-0.15, -0.1) is 5.10 Å². The van der Waals surface area contributed by atoms with Crippen LogP contribution < -0.4 is 10.2 Å². The van der Waals surface area contributed by atoms with Gasteiger partial charge >= 0.3 is 0 Å². The predicted molar refractivity (Wildman–Crippen MR) is 95.3 cm³/mol. The molecule has 0 aliphatic carbocycles. The van der Waals surface area contributed by atoms with Gasteiger partial charge in [0.1, 0.15) is 5.82 Å². The first-order chi connectivity index (χ1) is 12.1. The van der Waals surface area contributed by atoms with Crippen LogP contribution in [0, 0.1) is 11.7 Å². The summed E-state index contributed by atoms with van der Waals surface area (Å²) in [6, 6.07) is 6.27. The average molecular weight is 359 g/mol. The standard InChI is InChI=1S/C17H18FN5OS/c1-19-15(24)12-3-2-8-22(9-12)17-21-23-10-14(20-16(23)25-17)11-4-6-13(18)7-5-11/h4-7,10,12H,2-3,8-9H2,1H3,(H,19,24)/t12-/m1/s1. The van der Waals surface area contributed by atoms with Crippen LogP contribution in [0.1, 0.15) is 12.8 Å². The number of imidazole rings is 1. The summed E-state index contributed by atoms with van der Waals surface area (Å²) >= 11 is 1.50. The van der Waals surface area contributed by atoms with E-state index in [2.05, 4.69) is 20.3 Å². The second-order valence-electron chi connectivity index (χ2n) is 6.14. The highest BCUT2D eigenvalue weighted by Gasteiger charge is 2.27. The van der Waals surface area contributed by atoms with E-state index < -0.39 is 0 Å². The fourth-order valence-electron chi connectivity index (χ4n) is 3.15. The fraction of sp³-hybridized carbons (Fsp3) is 0.353. The minimum atomic E-state index is -0.263. The Hall–Kier alpha value is -2.48. The van der Waals surface area contributed by atoms with Crippen molar-refractivity contribution in [1.29, 1.82) is 0 Å². The van der Waals surface area contributed by atoms with E-state index in [1.54, 1.807) is 23.7 Å². The van der Waals surface area contributed by atoms with E-state index in [0.717, 1.165) is 40.7 Å². The highest BCUT2D eigenvalue weighted by molar-refractivity contribution is 7.20. The van der Waals surface area contributed by atoms with Gasteiger partial charge < -0.3 is 10.2 Å². The molecule has 1 amide bonds. The Morgan fingerprint density at radius 3 is 2.88 bits per heavy atom. The summed E-state index contributed by atoms with van der Waals surface area (Å²) in [5.41, 5.74) is 1.63. The number of rotatable bonds is 3. The molecule has 0 saturated carbocycles. The van der Waals surface area contributed by atoms with E-state index in [0.29, 0.717) is 6.54 Å². The number of hydrogen-bond donors (Lipinski definition) is 1. The maximum Gasteiger partial charge on any atom is 0.224 e. The molecule has 1 aliphatic rings. The lowest BCUT2D eigenvalue weighted by molar-refractivity contribution is -0.124. The summed E-state index contributed by atoms with van der Waals surface area (Å²) in [5, 5.41) is 8.22. The van der Waals surface area contributed by atoms with E-state index in [1.807, 2.05) is 6.20 Å². The van der Waals surface area contributed by atoms with Crippen molar-refractivity contribution in [2.75, 3.05) is 25.0 Å². The van der Waals surface area contributed by atoms with Gasteiger partial charge in [0.15, 0.2) is 0 Å². The molecule has 0 spiro atoms. The van der Waals surface area contributed by atoms with Crippen molar-refractivity contribution >= 4 is 27.3 Å². The summed E-state index contributed by atoms with van der Waals surface area (Å²) in [6.45, 7) is 1.58. The number of hydrogen-bond acceptors (Lipinski definition) is 5. The molecule has 6 nitrogen and oxygen atoms in total. The van der Waals surface area contributed by atoms with Crippen LogP contribution >= 0.6 is 11.3 Å². The fourth-order valence-corrected chi connectivity index (χ4v) is 4.06. The summed E-state index contributed by atoms with van der Waals surface area (Å²) in [5.74, 6) is -0.171. The van der Waals surface area contributed by atoms with Gasteiger partial charge in [-0.05, 0) is 37.1 Å². The minimum absolute atomic E-state index is 0.00440. The van der Waals surface area contributed by atoms with Crippen LogP contribution in [0.3, 0.4) is 0 Å². The average Bonchev–Trinajstić information content (AvgIpc) is 3.21. The number of aromatic nitrogens is 3. The highest BCUT2D eigenvalue weighted by atomic mass is 32.1. The number of anilines is 1. The molecule has 0 radical (unpaired) electrons. The molecular formula is C17H18FN5OS. The molecule has 25 heavy (non-hydrogen) atoms. The summed E-state index contributed by atoms with van der Waals surface area (Å²) in [7, 11) is 1.68. The van der Waals surface area contributed by atoms with Gasteiger partial charge in [0.25, 0.3) is 0 Å². The second-order valence-corrected chi connectivity index (χ2v) is 7.08. The third-order valence-electron chi connectivity index (χ3n) is 4.48. The zero-order valence-corrected chi connectivity index (χ0v) is 14.6. The SMILES string of the molecule is CNC(=O)[C@@H]1CCCN(c2nn3cc(-c4ccc(F)cc4)nc3s2)C1. The minimum Gasteiger partial charge on any atom is -0.359 e. The van der Waals surface area contributed by atoms with Crippen molar-refractivity contribution in [3.8, 4) is 11.3 Å². The van der Waals surface area contributed by atoms with E-state index in [4.69, 9.17) is 0 Å². The van der Waals surface area contributed by atoms with Crippen LogP contribution in [0.25, 0.3) is 16.2 Å². The number of nitrogens with one attached hydrogen (secondary N) is 1. The zero-order chi connectivity index (χ0) is 17.4. The quantitative estimate of drug-likeness (QED) is 0.781. The van der Waals surface area contributed by atoms with Crippen molar-refractivity contribution < 1.29 is 9.18 Å². The molecule has 8 heteroatoms. The molecule has 2 aromatic heterocycles. The molecule has 130 valence electrons. The molecule has 1 saturated heterocycles. The second kappa shape index (κ2) is 6.44. The molecule has 3 aromatic rings. The summed E-state index contributed by atoms with van der Waals surface area (Å²) in [6.07, 6.45) is 3.73. The molecule has 1 aliphatic heterocycles. The van der Waals surface area contributed by atoms with E-state index in [-0.39, 0.29) is 17.6 Å². The molecule has 1 fully saturated rings. The van der Waals surface area contributed by atoms with E-state index >= 15 is 0 Å². The van der Waals surface area contributed by atoms with E-state index in [1.165, 1.54) is 23.5 Å². The number of piperidine rings is 1. The smallest absolute Gasteiger partial charge is 0.224 e. The van der Waals surface area contributed by atoms with Gasteiger partial charge in [0.05, 0.1) is 17.8 Å². The van der Waals surface area contributed by atoms with Gasteiger partial charge in [0.2, 0.25) is 16.0 Å². The van der Waals surface area contributed by atoms with Crippen molar-refractivity contribution in [1.82, 2.24) is 19.9 Å². The molecule has 0 bridgehead atoms. The first-order valence-electron chi connectivity index (χ1n) is 8.23. The number of halogens is 1. The Morgan fingerprint density at radius 1 is 1.36 bits per heavy atom. The van der Waals surface area contributed by atoms with Gasteiger partial charge in [-0.2, -0.15) is 0 Å². The molecule has 1 aromatic carbocycles. The van der Waals surface area contributed by atoms with Crippen LogP contribution in [0.4, 0.5) is 9.52 Å². The maximum absolute atomic E-state index is 13.0. The van der Waals surface area contributed by atoms with Gasteiger partial charge in [0, 0.05) is 25.7 Å². The molecule has 3 heterocycles. The van der Waals surface area contributed by atoms with Crippen molar-refractivity contribution in [3.63, 3.8) is 0 Å². The molecule has 0 unspecified atom stereocenters. The van der Waals surface area contributed by atoms with Gasteiger partial charge in [-0.3, -0.25) is 4.79 Å². The normalized spacial score (nSPS) is 17.8. The van der Waals surface area contributed by atoms with Crippen molar-refractivity contribution in [2.24, 2.45) is 5.92 Å². The van der Waals surface area contributed by atoms with Crippen LogP contribution in [-0.2, 0) is 4.79 Å². The van der Waals surface area contributed by atoms with Gasteiger partial charge in [-0.25, -0.2) is 13.9 Å². The highest BCUT2D eigenvalue weighted by Crippen LogP contribution is 2.29. The van der Waals surface area contributed by atoms with Crippen LogP contribution in [-0.4, -0.2) is 40.6 Å². The third-order valence-corrected chi connectivity index (χ3v) is 5.46. The Bertz CT molecular complexity index is 872. The Labute approximate surface area is 148 Å². The van der Waals surface area contributed by atoms with Crippen LogP contribution in [0.15, 0.2) is 30.5 Å². The number of fused-ring (bicyclic) bond motifs is 1. The van der Waals surface area contributed by atoms with Gasteiger partial charge in [-0.1, -0.05) is 11.3 Å². The number of amides is 1. The van der Waals surface area contributed by atoms with Crippen LogP contribution in [0.5, 0.6) is 0 Å². The largest absolute Gasteiger partial charge is 0.359 e. The Morgan fingerprint density at radius 2 is 2.16 bits per heavy atom. The maximum atomic E-state index is 13.0. The lowest BCUT2D eigenvalue weighted by atomic mass is 9.98. The monoisotopic (exact) mass is 359 g/mol. The number of benzene rings is 1. The number of carbonyl (C=O) groups excluding carboxylic acids is 1. The molecule has 4 rings (SSSR count). The third kappa shape index (κ3) is 3.09. The summed E-state index contributed by atoms with van der Waals surface area (Å²) in [4.78, 5) is 19.4. The first-order valence-corrected chi connectivity index (χ1v) is 9.04. The number of carbonyl (C=O) groups is 1. The lowest BCUT2D eigenvalue weighted by Gasteiger charge is -2.31. The van der Waals surface area contributed by atoms with Crippen LogP contribution in [0.2, 0.25) is 0 Å². The number of nitrogens with zero attached hydrogens (tertiary/aromatic N) is 4. The Balaban J connectivity index is 1.57.